The average Bonchev–Trinajstić information content (AvgIpc) is 3.00. The number of halogens is 1. The number of fused-ring (bicyclic) bond motifs is 1. The van der Waals surface area contributed by atoms with Crippen molar-refractivity contribution in [3.8, 4) is 0 Å². The molecule has 5 nitrogen and oxygen atoms in total. The molecule has 6 heteroatoms. The molecule has 2 aromatic carbocycles. The van der Waals surface area contributed by atoms with Crippen LogP contribution in [0.2, 0.25) is 0 Å². The molecule has 0 aliphatic rings. The fraction of sp³-hybridized carbons (Fsp3) is 0.174. The van der Waals surface area contributed by atoms with Crippen molar-refractivity contribution in [2.45, 2.75) is 27.3 Å². The van der Waals surface area contributed by atoms with Crippen molar-refractivity contribution in [3.63, 3.8) is 0 Å². The summed E-state index contributed by atoms with van der Waals surface area (Å²) in [4.78, 5) is 17.8. The number of nitrogens with one attached hydrogen (secondary N) is 1. The highest BCUT2D eigenvalue weighted by atomic mass is 79.9. The summed E-state index contributed by atoms with van der Waals surface area (Å²) < 4.78 is 2.88. The Morgan fingerprint density at radius 2 is 1.83 bits per heavy atom. The van der Waals surface area contributed by atoms with Crippen LogP contribution < -0.4 is 5.32 Å². The van der Waals surface area contributed by atoms with E-state index in [0.717, 1.165) is 43.7 Å². The zero-order chi connectivity index (χ0) is 20.5. The molecule has 4 aromatic rings. The molecule has 0 fully saturated rings. The maximum atomic E-state index is 13.1. The minimum absolute atomic E-state index is 0.162. The zero-order valence-corrected chi connectivity index (χ0v) is 18.1. The Hall–Kier alpha value is -2.99. The lowest BCUT2D eigenvalue weighted by atomic mass is 10.1. The Morgan fingerprint density at radius 1 is 1.07 bits per heavy atom. The third-order valence-corrected chi connectivity index (χ3v) is 5.73. The van der Waals surface area contributed by atoms with Crippen molar-refractivity contribution in [3.05, 3.63) is 87.1 Å². The summed E-state index contributed by atoms with van der Waals surface area (Å²) in [6.07, 6.45) is 0. The molecule has 146 valence electrons. The summed E-state index contributed by atoms with van der Waals surface area (Å²) in [7, 11) is 0. The minimum Gasteiger partial charge on any atom is -0.322 e. The number of benzene rings is 2. The van der Waals surface area contributed by atoms with E-state index in [1.165, 1.54) is 0 Å². The number of carbonyl (C=O) groups excluding carboxylic acids is 1. The van der Waals surface area contributed by atoms with Crippen LogP contribution in [-0.4, -0.2) is 20.7 Å². The highest BCUT2D eigenvalue weighted by Gasteiger charge is 2.19. The monoisotopic (exact) mass is 448 g/mol. The molecular formula is C23H21BrN4O. The van der Waals surface area contributed by atoms with Gasteiger partial charge in [-0.2, -0.15) is 5.10 Å². The van der Waals surface area contributed by atoms with Crippen molar-refractivity contribution in [1.82, 2.24) is 14.8 Å². The number of hydrogen-bond acceptors (Lipinski definition) is 3. The summed E-state index contributed by atoms with van der Waals surface area (Å²) in [5.41, 5.74) is 5.84. The van der Waals surface area contributed by atoms with Crippen LogP contribution in [0.15, 0.2) is 59.1 Å². The van der Waals surface area contributed by atoms with Crippen LogP contribution in [0.1, 0.15) is 32.9 Å². The van der Waals surface area contributed by atoms with Gasteiger partial charge in [0.2, 0.25) is 0 Å². The van der Waals surface area contributed by atoms with Gasteiger partial charge in [-0.15, -0.1) is 0 Å². The zero-order valence-electron chi connectivity index (χ0n) is 16.5. The molecule has 0 saturated carbocycles. The highest BCUT2D eigenvalue weighted by molar-refractivity contribution is 9.10. The van der Waals surface area contributed by atoms with Gasteiger partial charge < -0.3 is 5.32 Å². The normalized spacial score (nSPS) is 11.0. The Morgan fingerprint density at radius 3 is 2.55 bits per heavy atom. The lowest BCUT2D eigenvalue weighted by Gasteiger charge is -2.10. The predicted octanol–water partition coefficient (Wildman–Crippen LogP) is 5.42. The first-order valence-corrected chi connectivity index (χ1v) is 10.2. The maximum absolute atomic E-state index is 13.1. The minimum atomic E-state index is -0.162. The van der Waals surface area contributed by atoms with Crippen molar-refractivity contribution in [1.29, 1.82) is 0 Å². The number of nitrogens with zero attached hydrogens (tertiary/aromatic N) is 3. The molecule has 0 atom stereocenters. The summed E-state index contributed by atoms with van der Waals surface area (Å²) >= 11 is 3.49. The van der Waals surface area contributed by atoms with Crippen LogP contribution in [0.3, 0.4) is 0 Å². The highest BCUT2D eigenvalue weighted by Crippen LogP contribution is 2.25. The molecule has 2 aromatic heterocycles. The topological polar surface area (TPSA) is 59.8 Å². The quantitative estimate of drug-likeness (QED) is 0.453. The Labute approximate surface area is 177 Å². The SMILES string of the molecule is Cc1cc(C(=O)Nc2ccc(Br)c(C)c2)c2c(C)nn(Cc3ccccc3)c2n1. The number of anilines is 1. The predicted molar refractivity (Wildman–Crippen MR) is 119 cm³/mol. The molecule has 0 unspecified atom stereocenters. The second-order valence-corrected chi connectivity index (χ2v) is 8.01. The third kappa shape index (κ3) is 3.93. The summed E-state index contributed by atoms with van der Waals surface area (Å²) in [5.74, 6) is -0.162. The van der Waals surface area contributed by atoms with Gasteiger partial charge in [0, 0.05) is 15.9 Å². The fourth-order valence-electron chi connectivity index (χ4n) is 3.45. The summed E-state index contributed by atoms with van der Waals surface area (Å²) in [5, 5.41) is 8.47. The molecular weight excluding hydrogens is 428 g/mol. The average molecular weight is 449 g/mol. The van der Waals surface area contributed by atoms with E-state index in [4.69, 9.17) is 0 Å². The molecule has 29 heavy (non-hydrogen) atoms. The van der Waals surface area contributed by atoms with Crippen LogP contribution in [0.25, 0.3) is 11.0 Å². The van der Waals surface area contributed by atoms with E-state index in [9.17, 15) is 4.79 Å². The van der Waals surface area contributed by atoms with Crippen molar-refractivity contribution in [2.24, 2.45) is 0 Å². The molecule has 0 aliphatic heterocycles. The second-order valence-electron chi connectivity index (χ2n) is 7.16. The van der Waals surface area contributed by atoms with Gasteiger partial charge in [0.15, 0.2) is 5.65 Å². The molecule has 2 heterocycles. The van der Waals surface area contributed by atoms with Gasteiger partial charge in [-0.3, -0.25) is 4.79 Å². The van der Waals surface area contributed by atoms with Gasteiger partial charge in [-0.25, -0.2) is 9.67 Å². The second kappa shape index (κ2) is 7.79. The molecule has 0 bridgehead atoms. The molecule has 0 aliphatic carbocycles. The van der Waals surface area contributed by atoms with E-state index < -0.39 is 0 Å². The van der Waals surface area contributed by atoms with Gasteiger partial charge in [0.05, 0.1) is 23.2 Å². The van der Waals surface area contributed by atoms with Crippen molar-refractivity contribution < 1.29 is 4.79 Å². The lowest BCUT2D eigenvalue weighted by molar-refractivity contribution is 0.102. The molecule has 1 amide bonds. The Bertz CT molecular complexity index is 1210. The van der Waals surface area contributed by atoms with Gasteiger partial charge in [-0.05, 0) is 56.2 Å². The Balaban J connectivity index is 1.74. The first-order chi connectivity index (χ1) is 13.9. The van der Waals surface area contributed by atoms with Crippen LogP contribution in [0, 0.1) is 20.8 Å². The Kier molecular flexibility index (Phi) is 5.20. The maximum Gasteiger partial charge on any atom is 0.256 e. The van der Waals surface area contributed by atoms with E-state index in [1.54, 1.807) is 0 Å². The fourth-order valence-corrected chi connectivity index (χ4v) is 3.69. The summed E-state index contributed by atoms with van der Waals surface area (Å²) in [6.45, 7) is 6.41. The lowest BCUT2D eigenvalue weighted by Crippen LogP contribution is -2.13. The van der Waals surface area contributed by atoms with Gasteiger partial charge >= 0.3 is 0 Å². The van der Waals surface area contributed by atoms with E-state index in [0.29, 0.717) is 12.1 Å². The summed E-state index contributed by atoms with van der Waals surface area (Å²) in [6, 6.07) is 17.7. The number of carbonyl (C=O) groups is 1. The van der Waals surface area contributed by atoms with Crippen LogP contribution >= 0.6 is 15.9 Å². The van der Waals surface area contributed by atoms with Gasteiger partial charge in [-0.1, -0.05) is 46.3 Å². The van der Waals surface area contributed by atoms with Crippen molar-refractivity contribution >= 4 is 38.6 Å². The number of hydrogen-bond donors (Lipinski definition) is 1. The molecule has 4 rings (SSSR count). The van der Waals surface area contributed by atoms with Crippen molar-refractivity contribution in [2.75, 3.05) is 5.32 Å². The van der Waals surface area contributed by atoms with Crippen LogP contribution in [0.4, 0.5) is 5.69 Å². The number of rotatable bonds is 4. The number of aryl methyl sites for hydroxylation is 3. The van der Waals surface area contributed by atoms with Gasteiger partial charge in [0.25, 0.3) is 5.91 Å². The first kappa shape index (κ1) is 19.3. The molecule has 1 N–H and O–H groups in total. The standard InChI is InChI=1S/C23H21BrN4O/c1-14-11-18(9-10-20(14)24)26-23(29)19-12-15(2)25-22-21(19)16(3)27-28(22)13-17-7-5-4-6-8-17/h4-12H,13H2,1-3H3,(H,26,29). The van der Waals surface area contributed by atoms with Gasteiger partial charge in [0.1, 0.15) is 0 Å². The van der Waals surface area contributed by atoms with E-state index in [1.807, 2.05) is 67.9 Å². The molecule has 0 radical (unpaired) electrons. The number of aromatic nitrogens is 3. The number of pyridine rings is 1. The van der Waals surface area contributed by atoms with Crippen LogP contribution in [0.5, 0.6) is 0 Å². The van der Waals surface area contributed by atoms with Crippen LogP contribution in [-0.2, 0) is 6.54 Å². The number of amides is 1. The van der Waals surface area contributed by atoms with E-state index in [-0.39, 0.29) is 5.91 Å². The third-order valence-electron chi connectivity index (χ3n) is 4.84. The molecule has 0 saturated heterocycles. The first-order valence-electron chi connectivity index (χ1n) is 9.38. The smallest absolute Gasteiger partial charge is 0.256 e. The van der Waals surface area contributed by atoms with E-state index in [2.05, 4.69) is 43.5 Å². The largest absolute Gasteiger partial charge is 0.322 e. The molecule has 0 spiro atoms. The van der Waals surface area contributed by atoms with E-state index >= 15 is 0 Å².